The van der Waals surface area contributed by atoms with Crippen molar-refractivity contribution < 1.29 is 0 Å². The summed E-state index contributed by atoms with van der Waals surface area (Å²) < 4.78 is 2.52. The van der Waals surface area contributed by atoms with Gasteiger partial charge in [0.05, 0.1) is 5.52 Å². The van der Waals surface area contributed by atoms with Crippen LogP contribution in [0.25, 0.3) is 98.3 Å². The summed E-state index contributed by atoms with van der Waals surface area (Å²) in [6.45, 7) is 0. The monoisotopic (exact) mass is 668 g/mol. The molecule has 0 aliphatic heterocycles. The van der Waals surface area contributed by atoms with Gasteiger partial charge in [-0.05, 0) is 58.5 Å². The molecule has 4 nitrogen and oxygen atoms in total. The Morgan fingerprint density at radius 2 is 0.980 bits per heavy atom. The number of fused-ring (bicyclic) bond motifs is 6. The third-order valence-corrected chi connectivity index (χ3v) is 10.8. The van der Waals surface area contributed by atoms with Crippen LogP contribution in [0, 0.1) is 0 Å². The first kappa shape index (κ1) is 29.4. The van der Waals surface area contributed by atoms with Crippen LogP contribution < -0.4 is 0 Å². The van der Waals surface area contributed by atoms with E-state index in [1.165, 1.54) is 36.7 Å². The Morgan fingerprint density at radius 1 is 0.373 bits per heavy atom. The van der Waals surface area contributed by atoms with Gasteiger partial charge in [-0.3, -0.25) is 4.98 Å². The Morgan fingerprint density at radius 3 is 1.75 bits per heavy atom. The fourth-order valence-electron chi connectivity index (χ4n) is 7.11. The second kappa shape index (κ2) is 12.1. The second-order valence-electron chi connectivity index (χ2n) is 12.7. The van der Waals surface area contributed by atoms with Crippen LogP contribution in [0.1, 0.15) is 0 Å². The summed E-state index contributed by atoms with van der Waals surface area (Å²) in [5, 5.41) is 5.99. The number of hydrogen-bond donors (Lipinski definition) is 0. The van der Waals surface area contributed by atoms with Gasteiger partial charge >= 0.3 is 0 Å². The smallest absolute Gasteiger partial charge is 0.164 e. The minimum absolute atomic E-state index is 0.639. The zero-order valence-corrected chi connectivity index (χ0v) is 28.2. The highest BCUT2D eigenvalue weighted by Crippen LogP contribution is 2.45. The maximum atomic E-state index is 5.03. The van der Waals surface area contributed by atoms with Gasteiger partial charge in [-0.2, -0.15) is 0 Å². The Balaban J connectivity index is 1.21. The summed E-state index contributed by atoms with van der Waals surface area (Å²) in [5.74, 6) is 1.94. The second-order valence-corrected chi connectivity index (χ2v) is 13.7. The van der Waals surface area contributed by atoms with Crippen molar-refractivity contribution in [3.05, 3.63) is 170 Å². The van der Waals surface area contributed by atoms with Gasteiger partial charge in [-0.15, -0.1) is 11.3 Å². The molecule has 238 valence electrons. The van der Waals surface area contributed by atoms with Crippen molar-refractivity contribution in [2.45, 2.75) is 0 Å². The van der Waals surface area contributed by atoms with E-state index < -0.39 is 0 Å². The van der Waals surface area contributed by atoms with Crippen molar-refractivity contribution >= 4 is 53.2 Å². The van der Waals surface area contributed by atoms with E-state index in [2.05, 4.69) is 97.1 Å². The van der Waals surface area contributed by atoms with Crippen LogP contribution in [-0.4, -0.2) is 19.9 Å². The zero-order valence-electron chi connectivity index (χ0n) is 27.4. The summed E-state index contributed by atoms with van der Waals surface area (Å²) in [7, 11) is 0. The maximum absolute atomic E-state index is 5.03. The molecule has 0 bridgehead atoms. The van der Waals surface area contributed by atoms with Crippen molar-refractivity contribution in [1.82, 2.24) is 19.9 Å². The molecule has 3 heterocycles. The van der Waals surface area contributed by atoms with Crippen LogP contribution in [0.4, 0.5) is 0 Å². The number of hydrogen-bond acceptors (Lipinski definition) is 5. The van der Waals surface area contributed by atoms with E-state index in [-0.39, 0.29) is 0 Å². The lowest BCUT2D eigenvalue weighted by atomic mass is 9.91. The molecular weight excluding hydrogens is 641 g/mol. The molecule has 0 unspecified atom stereocenters. The summed E-state index contributed by atoms with van der Waals surface area (Å²) in [4.78, 5) is 19.8. The largest absolute Gasteiger partial charge is 0.256 e. The summed E-state index contributed by atoms with van der Waals surface area (Å²) >= 11 is 1.84. The Kier molecular flexibility index (Phi) is 6.96. The summed E-state index contributed by atoms with van der Waals surface area (Å²) in [5.41, 5.74) is 8.47. The standard InChI is InChI=1S/C46H28N4S/c1-3-13-29(14-4-1)44-48-45(30-15-5-2-6-16-30)50-46(49-44)33-19-11-18-31(25-33)39-27-34(28-40-36-21-9-10-23-41(36)51-43(39)40)38-26-32-17-7-8-20-35(32)42-37(38)22-12-24-47-42/h1-28H. The lowest BCUT2D eigenvalue weighted by Crippen LogP contribution is -2.00. The van der Waals surface area contributed by atoms with Crippen molar-refractivity contribution in [3.8, 4) is 56.4 Å². The summed E-state index contributed by atoms with van der Waals surface area (Å²) in [6.07, 6.45) is 1.89. The molecular formula is C46H28N4S. The van der Waals surface area contributed by atoms with Gasteiger partial charge in [0.1, 0.15) is 0 Å². The highest BCUT2D eigenvalue weighted by Gasteiger charge is 2.18. The maximum Gasteiger partial charge on any atom is 0.164 e. The van der Waals surface area contributed by atoms with E-state index in [0.717, 1.165) is 44.1 Å². The fourth-order valence-corrected chi connectivity index (χ4v) is 8.33. The Bertz CT molecular complexity index is 2860. The van der Waals surface area contributed by atoms with Crippen LogP contribution in [-0.2, 0) is 0 Å². The van der Waals surface area contributed by atoms with E-state index in [1.807, 2.05) is 84.3 Å². The van der Waals surface area contributed by atoms with Gasteiger partial charge in [-0.1, -0.05) is 127 Å². The van der Waals surface area contributed by atoms with Gasteiger partial charge in [0, 0.05) is 59.4 Å². The van der Waals surface area contributed by atoms with E-state index >= 15 is 0 Å². The van der Waals surface area contributed by atoms with Crippen molar-refractivity contribution in [1.29, 1.82) is 0 Å². The molecule has 3 aromatic heterocycles. The molecule has 0 amide bonds. The first-order valence-corrected chi connectivity index (χ1v) is 17.8. The number of pyridine rings is 1. The van der Waals surface area contributed by atoms with Crippen molar-refractivity contribution in [2.75, 3.05) is 0 Å². The normalized spacial score (nSPS) is 11.5. The quantitative estimate of drug-likeness (QED) is 0.171. The number of rotatable bonds is 5. The average Bonchev–Trinajstić information content (AvgIpc) is 3.59. The van der Waals surface area contributed by atoms with Crippen molar-refractivity contribution in [2.24, 2.45) is 0 Å². The molecule has 0 radical (unpaired) electrons. The minimum Gasteiger partial charge on any atom is -0.256 e. The van der Waals surface area contributed by atoms with Gasteiger partial charge < -0.3 is 0 Å². The van der Waals surface area contributed by atoms with E-state index in [1.54, 1.807) is 0 Å². The van der Waals surface area contributed by atoms with Crippen LogP contribution in [0.2, 0.25) is 0 Å². The molecule has 0 spiro atoms. The first-order chi connectivity index (χ1) is 25.3. The number of thiophene rings is 1. The highest BCUT2D eigenvalue weighted by molar-refractivity contribution is 7.26. The van der Waals surface area contributed by atoms with Crippen LogP contribution in [0.5, 0.6) is 0 Å². The predicted molar refractivity (Wildman–Crippen MR) is 213 cm³/mol. The van der Waals surface area contributed by atoms with Gasteiger partial charge in [0.15, 0.2) is 17.5 Å². The van der Waals surface area contributed by atoms with Crippen LogP contribution in [0.3, 0.4) is 0 Å². The molecule has 0 saturated heterocycles. The number of benzene rings is 7. The minimum atomic E-state index is 0.639. The lowest BCUT2D eigenvalue weighted by Gasteiger charge is -2.14. The molecule has 0 aliphatic rings. The third-order valence-electron chi connectivity index (χ3n) is 9.53. The topological polar surface area (TPSA) is 51.6 Å². The fraction of sp³-hybridized carbons (Fsp3) is 0. The third kappa shape index (κ3) is 5.14. The molecule has 0 fully saturated rings. The van der Waals surface area contributed by atoms with Crippen molar-refractivity contribution in [3.63, 3.8) is 0 Å². The first-order valence-electron chi connectivity index (χ1n) is 17.0. The van der Waals surface area contributed by atoms with Crippen LogP contribution in [0.15, 0.2) is 170 Å². The molecule has 0 N–H and O–H groups in total. The van der Waals surface area contributed by atoms with E-state index in [4.69, 9.17) is 19.9 Å². The Hall–Kier alpha value is -6.56. The van der Waals surface area contributed by atoms with E-state index in [0.29, 0.717) is 17.5 Å². The highest BCUT2D eigenvalue weighted by atomic mass is 32.1. The number of nitrogens with zero attached hydrogens (tertiary/aromatic N) is 4. The SMILES string of the molecule is c1ccc(-c2nc(-c3ccccc3)nc(-c3cccc(-c4cc(-c5cc6ccccc6c6ncccc56)cc5c4sc4ccccc45)c3)n2)cc1. The lowest BCUT2D eigenvalue weighted by molar-refractivity contribution is 1.07. The molecule has 0 saturated carbocycles. The van der Waals surface area contributed by atoms with Crippen LogP contribution >= 0.6 is 11.3 Å². The summed E-state index contributed by atoms with van der Waals surface area (Å²) in [6, 6.07) is 57.3. The Labute approximate surface area is 298 Å². The van der Waals surface area contributed by atoms with Gasteiger partial charge in [0.25, 0.3) is 0 Å². The zero-order chi connectivity index (χ0) is 33.7. The molecule has 5 heteroatoms. The average molecular weight is 669 g/mol. The van der Waals surface area contributed by atoms with Gasteiger partial charge in [0.2, 0.25) is 0 Å². The predicted octanol–water partition coefficient (Wildman–Crippen LogP) is 12.3. The van der Waals surface area contributed by atoms with Gasteiger partial charge in [-0.25, -0.2) is 15.0 Å². The van der Waals surface area contributed by atoms with E-state index in [9.17, 15) is 0 Å². The molecule has 0 aliphatic carbocycles. The molecule has 10 rings (SSSR count). The molecule has 0 atom stereocenters. The molecule has 10 aromatic rings. The molecule has 51 heavy (non-hydrogen) atoms. The molecule has 7 aromatic carbocycles. The number of aromatic nitrogens is 4.